The van der Waals surface area contributed by atoms with Gasteiger partial charge in [-0.3, -0.25) is 9.69 Å². The van der Waals surface area contributed by atoms with Crippen molar-refractivity contribution in [3.63, 3.8) is 0 Å². The van der Waals surface area contributed by atoms with Gasteiger partial charge in [-0.15, -0.1) is 12.3 Å². The van der Waals surface area contributed by atoms with Crippen LogP contribution in [0.4, 0.5) is 0 Å². The van der Waals surface area contributed by atoms with Crippen LogP contribution in [0, 0.1) is 12.3 Å². The van der Waals surface area contributed by atoms with Gasteiger partial charge in [0, 0.05) is 44.8 Å². The number of carbonyl (C=O) groups is 1. The van der Waals surface area contributed by atoms with Crippen LogP contribution in [0.5, 0.6) is 0 Å². The standard InChI is InChI=1S/C20H30N4O3/c1-2-3-8-20(21-22-20)9-7-18(25)23-11-12-26-15-19(14-23)16-27-13-17-6-4-5-10-24(17)19/h1,17H,3-16H2/t17-,19+/m1/s1. The normalized spacial score (nSPS) is 32.6. The van der Waals surface area contributed by atoms with Gasteiger partial charge in [-0.05, 0) is 19.4 Å². The van der Waals surface area contributed by atoms with Crippen molar-refractivity contribution >= 4 is 5.91 Å². The average Bonchev–Trinajstić information content (AvgIpc) is 3.50. The number of hydrogen-bond acceptors (Lipinski definition) is 6. The monoisotopic (exact) mass is 374 g/mol. The molecule has 4 rings (SSSR count). The number of fused-ring (bicyclic) bond motifs is 2. The summed E-state index contributed by atoms with van der Waals surface area (Å²) in [7, 11) is 0. The lowest BCUT2D eigenvalue weighted by atomic mass is 9.89. The molecule has 1 amide bonds. The molecule has 0 aromatic heterocycles. The number of carbonyl (C=O) groups excluding carboxylic acids is 1. The number of terminal acetylenes is 1. The lowest BCUT2D eigenvalue weighted by molar-refractivity contribution is -0.149. The number of rotatable bonds is 5. The van der Waals surface area contributed by atoms with Crippen LogP contribution in [-0.2, 0) is 14.3 Å². The Labute approximate surface area is 161 Å². The minimum absolute atomic E-state index is 0.163. The fraction of sp³-hybridized carbons (Fsp3) is 0.850. The van der Waals surface area contributed by atoms with Crippen LogP contribution in [0.15, 0.2) is 10.2 Å². The summed E-state index contributed by atoms with van der Waals surface area (Å²) in [6.07, 6.45) is 11.5. The molecular weight excluding hydrogens is 344 g/mol. The maximum Gasteiger partial charge on any atom is 0.222 e. The zero-order chi connectivity index (χ0) is 18.7. The minimum Gasteiger partial charge on any atom is -0.378 e. The number of ether oxygens (including phenoxy) is 2. The molecule has 4 aliphatic heterocycles. The topological polar surface area (TPSA) is 66.7 Å². The molecule has 0 aliphatic carbocycles. The highest BCUT2D eigenvalue weighted by Gasteiger charge is 2.48. The summed E-state index contributed by atoms with van der Waals surface area (Å²) in [6.45, 7) is 5.08. The highest BCUT2D eigenvalue weighted by molar-refractivity contribution is 5.76. The number of morpholine rings is 1. The van der Waals surface area contributed by atoms with Crippen LogP contribution in [0.25, 0.3) is 0 Å². The van der Waals surface area contributed by atoms with Crippen LogP contribution in [0.1, 0.15) is 44.9 Å². The molecule has 27 heavy (non-hydrogen) atoms. The first-order valence-electron chi connectivity index (χ1n) is 10.2. The van der Waals surface area contributed by atoms with E-state index in [0.717, 1.165) is 19.6 Å². The Morgan fingerprint density at radius 2 is 2.04 bits per heavy atom. The Morgan fingerprint density at radius 3 is 2.85 bits per heavy atom. The second kappa shape index (κ2) is 7.86. The van der Waals surface area contributed by atoms with E-state index in [4.69, 9.17) is 15.9 Å². The lowest BCUT2D eigenvalue weighted by Crippen LogP contribution is -2.68. The molecule has 0 N–H and O–H groups in total. The van der Waals surface area contributed by atoms with E-state index >= 15 is 0 Å². The molecule has 7 heteroatoms. The fourth-order valence-electron chi connectivity index (χ4n) is 4.79. The van der Waals surface area contributed by atoms with Crippen molar-refractivity contribution in [3.05, 3.63) is 0 Å². The van der Waals surface area contributed by atoms with Gasteiger partial charge >= 0.3 is 0 Å². The van der Waals surface area contributed by atoms with E-state index in [1.807, 2.05) is 4.90 Å². The molecule has 0 saturated carbocycles. The maximum atomic E-state index is 13.0. The summed E-state index contributed by atoms with van der Waals surface area (Å²) in [5.41, 5.74) is -0.598. The molecule has 1 spiro atoms. The summed E-state index contributed by atoms with van der Waals surface area (Å²) in [6, 6.07) is 0.460. The molecule has 0 bridgehead atoms. The molecule has 3 saturated heterocycles. The van der Waals surface area contributed by atoms with E-state index in [1.54, 1.807) is 0 Å². The molecule has 2 atom stereocenters. The Kier molecular flexibility index (Phi) is 5.49. The van der Waals surface area contributed by atoms with E-state index < -0.39 is 5.66 Å². The van der Waals surface area contributed by atoms with Gasteiger partial charge in [0.05, 0.1) is 32.0 Å². The molecule has 0 aromatic carbocycles. The van der Waals surface area contributed by atoms with E-state index in [9.17, 15) is 4.79 Å². The van der Waals surface area contributed by atoms with Crippen molar-refractivity contribution in [2.75, 3.05) is 46.1 Å². The van der Waals surface area contributed by atoms with Crippen LogP contribution in [0.3, 0.4) is 0 Å². The number of piperidine rings is 1. The van der Waals surface area contributed by atoms with Gasteiger partial charge in [0.15, 0.2) is 5.66 Å². The van der Waals surface area contributed by atoms with Gasteiger partial charge in [-0.2, -0.15) is 10.2 Å². The Morgan fingerprint density at radius 1 is 1.19 bits per heavy atom. The Hall–Kier alpha value is -1.49. The van der Waals surface area contributed by atoms with Crippen LogP contribution in [-0.4, -0.2) is 79.0 Å². The van der Waals surface area contributed by atoms with Gasteiger partial charge in [-0.25, -0.2) is 0 Å². The van der Waals surface area contributed by atoms with Gasteiger partial charge < -0.3 is 14.4 Å². The predicted molar refractivity (Wildman–Crippen MR) is 100 cm³/mol. The molecule has 4 heterocycles. The Balaban J connectivity index is 1.39. The third kappa shape index (κ3) is 4.03. The largest absolute Gasteiger partial charge is 0.378 e. The van der Waals surface area contributed by atoms with Gasteiger partial charge in [0.2, 0.25) is 5.91 Å². The molecular formula is C20H30N4O3. The molecule has 3 fully saturated rings. The van der Waals surface area contributed by atoms with Crippen molar-refractivity contribution in [1.82, 2.24) is 9.80 Å². The maximum absolute atomic E-state index is 13.0. The third-order valence-corrected chi connectivity index (χ3v) is 6.42. The highest BCUT2D eigenvalue weighted by atomic mass is 16.5. The third-order valence-electron chi connectivity index (χ3n) is 6.42. The van der Waals surface area contributed by atoms with E-state index in [-0.39, 0.29) is 11.4 Å². The second-order valence-corrected chi connectivity index (χ2v) is 8.34. The second-order valence-electron chi connectivity index (χ2n) is 8.34. The minimum atomic E-state index is -0.395. The first-order chi connectivity index (χ1) is 13.2. The summed E-state index contributed by atoms with van der Waals surface area (Å²) >= 11 is 0. The summed E-state index contributed by atoms with van der Waals surface area (Å²) in [5.74, 6) is 2.80. The van der Waals surface area contributed by atoms with Gasteiger partial charge in [-0.1, -0.05) is 6.42 Å². The quantitative estimate of drug-likeness (QED) is 0.689. The first kappa shape index (κ1) is 18.9. The smallest absolute Gasteiger partial charge is 0.222 e. The molecule has 0 aromatic rings. The Bertz CT molecular complexity index is 623. The zero-order valence-electron chi connectivity index (χ0n) is 16.1. The van der Waals surface area contributed by atoms with Gasteiger partial charge in [0.1, 0.15) is 0 Å². The van der Waals surface area contributed by atoms with Crippen molar-refractivity contribution < 1.29 is 14.3 Å². The predicted octanol–water partition coefficient (Wildman–Crippen LogP) is 1.82. The summed E-state index contributed by atoms with van der Waals surface area (Å²) in [4.78, 5) is 17.5. The van der Waals surface area contributed by atoms with Gasteiger partial charge in [0.25, 0.3) is 0 Å². The zero-order valence-corrected chi connectivity index (χ0v) is 16.1. The van der Waals surface area contributed by atoms with Crippen molar-refractivity contribution in [3.8, 4) is 12.3 Å². The van der Waals surface area contributed by atoms with E-state index in [0.29, 0.717) is 58.2 Å². The van der Waals surface area contributed by atoms with E-state index in [1.165, 1.54) is 19.3 Å². The molecule has 4 aliphatic rings. The number of amides is 1. The van der Waals surface area contributed by atoms with Crippen molar-refractivity contribution in [1.29, 1.82) is 0 Å². The first-order valence-corrected chi connectivity index (χ1v) is 10.2. The summed E-state index contributed by atoms with van der Waals surface area (Å²) < 4.78 is 11.9. The molecule has 0 unspecified atom stereocenters. The molecule has 7 nitrogen and oxygen atoms in total. The molecule has 0 radical (unpaired) electrons. The number of hydrogen-bond donors (Lipinski definition) is 0. The molecule has 148 valence electrons. The average molecular weight is 374 g/mol. The van der Waals surface area contributed by atoms with Crippen molar-refractivity contribution in [2.24, 2.45) is 10.2 Å². The fourth-order valence-corrected chi connectivity index (χ4v) is 4.79. The number of nitrogens with zero attached hydrogens (tertiary/aromatic N) is 4. The highest BCUT2D eigenvalue weighted by Crippen LogP contribution is 2.38. The van der Waals surface area contributed by atoms with Crippen LogP contribution >= 0.6 is 0 Å². The summed E-state index contributed by atoms with van der Waals surface area (Å²) in [5, 5.41) is 8.30. The van der Waals surface area contributed by atoms with Crippen LogP contribution < -0.4 is 0 Å². The SMILES string of the molecule is C#CCCC1(CCC(=O)N2CCOC[C@]3(COC[C@H]4CCCCN43)C2)N=N1. The van der Waals surface area contributed by atoms with E-state index in [2.05, 4.69) is 21.0 Å². The van der Waals surface area contributed by atoms with Crippen LogP contribution in [0.2, 0.25) is 0 Å². The van der Waals surface area contributed by atoms with Crippen molar-refractivity contribution in [2.45, 2.75) is 62.2 Å². The lowest BCUT2D eigenvalue weighted by Gasteiger charge is -2.53.